The molecule has 5 heteroatoms. The van der Waals surface area contributed by atoms with E-state index in [4.69, 9.17) is 20.4 Å². The van der Waals surface area contributed by atoms with Gasteiger partial charge in [-0.05, 0) is 0 Å². The van der Waals surface area contributed by atoms with Crippen LogP contribution in [-0.4, -0.2) is 21.6 Å². The molecule has 7 heavy (non-hydrogen) atoms. The molecule has 0 rings (SSSR count). The second-order valence-electron chi connectivity index (χ2n) is 0.519. The van der Waals surface area contributed by atoms with Crippen LogP contribution in [-0.2, 0) is 24.3 Å². The van der Waals surface area contributed by atoms with Gasteiger partial charge in [0, 0.05) is 26.4 Å². The van der Waals surface area contributed by atoms with E-state index in [-0.39, 0.29) is 19.5 Å². The van der Waals surface area contributed by atoms with Gasteiger partial charge in [-0.2, -0.15) is 0 Å². The van der Waals surface area contributed by atoms with E-state index in [0.717, 1.165) is 6.92 Å². The van der Waals surface area contributed by atoms with E-state index >= 15 is 0 Å². The predicted octanol–water partition coefficient (Wildman–Crippen LogP) is 0.106. The molecule has 0 aromatic carbocycles. The van der Waals surface area contributed by atoms with Gasteiger partial charge in [-0.3, -0.25) is 15.3 Å². The minimum Gasteiger partial charge on any atom is -0.481 e. The van der Waals surface area contributed by atoms with E-state index in [1.165, 1.54) is 0 Å². The van der Waals surface area contributed by atoms with Crippen LogP contribution in [0.15, 0.2) is 0 Å². The zero-order valence-electron chi connectivity index (χ0n) is 3.96. The number of carbonyl (C=O) groups is 1. The van der Waals surface area contributed by atoms with E-state index in [0.29, 0.717) is 0 Å². The first kappa shape index (κ1) is 15.7. The van der Waals surface area contributed by atoms with E-state index in [2.05, 4.69) is 0 Å². The van der Waals surface area contributed by atoms with Gasteiger partial charge in [0.1, 0.15) is 0 Å². The standard InChI is InChI=1S/C2H4O2.H2O2.Zn/c1-2(3)4;1-2;/h1H3,(H,3,4);1-2H;. The molecule has 0 unspecified atom stereocenters. The van der Waals surface area contributed by atoms with E-state index in [9.17, 15) is 0 Å². The quantitative estimate of drug-likeness (QED) is 0.266. The summed E-state index contributed by atoms with van der Waals surface area (Å²) >= 11 is 0. The number of aliphatic carboxylic acids is 1. The Balaban J connectivity index is -0.0000000480. The summed E-state index contributed by atoms with van der Waals surface area (Å²) in [6.07, 6.45) is 0. The molecular weight excluding hydrogens is 153 g/mol. The van der Waals surface area contributed by atoms with Crippen molar-refractivity contribution in [2.45, 2.75) is 6.92 Å². The molecule has 0 heterocycles. The molecule has 0 amide bonds. The molecule has 0 saturated carbocycles. The maximum Gasteiger partial charge on any atom is 0.300 e. The summed E-state index contributed by atoms with van der Waals surface area (Å²) in [5.74, 6) is -0.833. The smallest absolute Gasteiger partial charge is 0.300 e. The van der Waals surface area contributed by atoms with Gasteiger partial charge in [-0.15, -0.1) is 0 Å². The molecule has 0 bridgehead atoms. The van der Waals surface area contributed by atoms with Crippen LogP contribution >= 0.6 is 0 Å². The summed E-state index contributed by atoms with van der Waals surface area (Å²) in [7, 11) is 0. The molecule has 0 spiro atoms. The van der Waals surface area contributed by atoms with Crippen LogP contribution in [0.1, 0.15) is 6.92 Å². The molecule has 0 radical (unpaired) electrons. The maximum absolute atomic E-state index is 9.00. The SMILES string of the molecule is CC(=O)O.OO.[Zn]. The Morgan fingerprint density at radius 2 is 1.43 bits per heavy atom. The second kappa shape index (κ2) is 16.6. The third-order valence-electron chi connectivity index (χ3n) is 0. The van der Waals surface area contributed by atoms with Crippen molar-refractivity contribution < 1.29 is 39.9 Å². The van der Waals surface area contributed by atoms with Crippen LogP contribution in [0.4, 0.5) is 0 Å². The fraction of sp³-hybridized carbons (Fsp3) is 0.500. The van der Waals surface area contributed by atoms with Gasteiger partial charge >= 0.3 is 0 Å². The fourth-order valence-corrected chi connectivity index (χ4v) is 0. The van der Waals surface area contributed by atoms with Gasteiger partial charge in [0.15, 0.2) is 0 Å². The molecule has 0 atom stereocenters. The van der Waals surface area contributed by atoms with Crippen LogP contribution in [0.3, 0.4) is 0 Å². The number of carboxylic acid groups (broad SMARTS) is 1. The Kier molecular flexibility index (Phi) is 37.4. The molecular formula is C2H6O4Zn. The Morgan fingerprint density at radius 3 is 1.43 bits per heavy atom. The monoisotopic (exact) mass is 158 g/mol. The fourth-order valence-electron chi connectivity index (χ4n) is 0. The van der Waals surface area contributed by atoms with Crippen molar-refractivity contribution in [2.75, 3.05) is 0 Å². The average Bonchev–Trinajstić information content (AvgIpc) is 1.41. The van der Waals surface area contributed by atoms with Gasteiger partial charge < -0.3 is 5.11 Å². The third-order valence-corrected chi connectivity index (χ3v) is 0. The number of rotatable bonds is 0. The number of hydrogen-bond acceptors (Lipinski definition) is 3. The van der Waals surface area contributed by atoms with Crippen molar-refractivity contribution in [3.8, 4) is 0 Å². The van der Waals surface area contributed by atoms with Crippen molar-refractivity contribution in [3.63, 3.8) is 0 Å². The minimum atomic E-state index is -0.833. The number of carboxylic acids is 1. The molecule has 4 nitrogen and oxygen atoms in total. The number of hydrogen-bond donors (Lipinski definition) is 3. The van der Waals surface area contributed by atoms with Crippen LogP contribution in [0.25, 0.3) is 0 Å². The summed E-state index contributed by atoms with van der Waals surface area (Å²) in [6, 6.07) is 0. The molecule has 0 aliphatic carbocycles. The first-order valence-electron chi connectivity index (χ1n) is 1.13. The zero-order chi connectivity index (χ0) is 5.58. The van der Waals surface area contributed by atoms with E-state index < -0.39 is 5.97 Å². The summed E-state index contributed by atoms with van der Waals surface area (Å²) in [5, 5.41) is 19.4. The zero-order valence-corrected chi connectivity index (χ0v) is 6.92. The predicted molar refractivity (Wildman–Crippen MR) is 18.6 cm³/mol. The minimum absolute atomic E-state index is 0. The normalized spacial score (nSPS) is 4.43. The molecule has 3 N–H and O–H groups in total. The molecule has 0 aromatic heterocycles. The van der Waals surface area contributed by atoms with Crippen molar-refractivity contribution in [3.05, 3.63) is 0 Å². The maximum atomic E-state index is 9.00. The van der Waals surface area contributed by atoms with Gasteiger partial charge in [0.25, 0.3) is 5.97 Å². The summed E-state index contributed by atoms with van der Waals surface area (Å²) < 4.78 is 0. The first-order valence-corrected chi connectivity index (χ1v) is 1.13. The van der Waals surface area contributed by atoms with Crippen LogP contribution in [0.2, 0.25) is 0 Å². The van der Waals surface area contributed by atoms with E-state index in [1.807, 2.05) is 0 Å². The van der Waals surface area contributed by atoms with Crippen molar-refractivity contribution in [2.24, 2.45) is 0 Å². The molecule has 0 aliphatic rings. The molecule has 0 saturated heterocycles. The van der Waals surface area contributed by atoms with Gasteiger partial charge in [-0.25, -0.2) is 0 Å². The summed E-state index contributed by atoms with van der Waals surface area (Å²) in [6.45, 7) is 1.08. The van der Waals surface area contributed by atoms with Crippen LogP contribution in [0.5, 0.6) is 0 Å². The second-order valence-corrected chi connectivity index (χ2v) is 0.519. The molecule has 0 aromatic rings. The Labute approximate surface area is 53.5 Å². The first-order chi connectivity index (χ1) is 2.73. The molecule has 0 fully saturated rings. The summed E-state index contributed by atoms with van der Waals surface area (Å²) in [5.41, 5.74) is 0. The van der Waals surface area contributed by atoms with Crippen molar-refractivity contribution >= 4 is 5.97 Å². The largest absolute Gasteiger partial charge is 0.481 e. The van der Waals surface area contributed by atoms with Crippen molar-refractivity contribution in [1.29, 1.82) is 0 Å². The Bertz CT molecular complexity index is 32.7. The molecule has 0 aliphatic heterocycles. The van der Waals surface area contributed by atoms with E-state index in [1.54, 1.807) is 0 Å². The summed E-state index contributed by atoms with van der Waals surface area (Å²) in [4.78, 5) is 9.00. The molecule has 40 valence electrons. The topological polar surface area (TPSA) is 77.8 Å². The van der Waals surface area contributed by atoms with Crippen LogP contribution in [0, 0.1) is 0 Å². The Morgan fingerprint density at radius 1 is 1.43 bits per heavy atom. The average molecular weight is 159 g/mol. The van der Waals surface area contributed by atoms with Crippen LogP contribution < -0.4 is 0 Å². The van der Waals surface area contributed by atoms with Gasteiger partial charge in [0.2, 0.25) is 0 Å². The van der Waals surface area contributed by atoms with Crippen molar-refractivity contribution in [1.82, 2.24) is 0 Å². The van der Waals surface area contributed by atoms with Gasteiger partial charge in [-0.1, -0.05) is 0 Å². The Hall–Kier alpha value is 0.0134. The van der Waals surface area contributed by atoms with Gasteiger partial charge in [0.05, 0.1) is 0 Å². The third kappa shape index (κ3) is 541000.